The first kappa shape index (κ1) is 13.8. The number of hydrogen-bond donors (Lipinski definition) is 0. The van der Waals surface area contributed by atoms with E-state index in [1.165, 1.54) is 0 Å². The monoisotopic (exact) mass is 273 g/mol. The van der Waals surface area contributed by atoms with Gasteiger partial charge in [0.25, 0.3) is 0 Å². The quantitative estimate of drug-likeness (QED) is 0.765. The van der Waals surface area contributed by atoms with E-state index < -0.39 is 9.84 Å². The number of sulfone groups is 1. The van der Waals surface area contributed by atoms with E-state index in [4.69, 9.17) is 0 Å². The number of amides is 1. The van der Waals surface area contributed by atoms with Crippen LogP contribution in [0.3, 0.4) is 0 Å². The summed E-state index contributed by atoms with van der Waals surface area (Å²) in [5.74, 6) is 1.77. The molecule has 2 saturated heterocycles. The minimum Gasteiger partial charge on any atom is -0.343 e. The summed E-state index contributed by atoms with van der Waals surface area (Å²) >= 11 is 0. The SMILES string of the molecule is CC1CCN(C(=O)CC2CCS(=O)(=O)CC2)CC1. The predicted molar refractivity (Wildman–Crippen MR) is 71.0 cm³/mol. The number of hydrogen-bond acceptors (Lipinski definition) is 3. The van der Waals surface area contributed by atoms with Gasteiger partial charge in [-0.15, -0.1) is 0 Å². The molecule has 1 amide bonds. The van der Waals surface area contributed by atoms with Gasteiger partial charge >= 0.3 is 0 Å². The second-order valence-electron chi connectivity index (χ2n) is 5.86. The van der Waals surface area contributed by atoms with Crippen molar-refractivity contribution in [3.8, 4) is 0 Å². The maximum absolute atomic E-state index is 12.1. The Morgan fingerprint density at radius 3 is 2.22 bits per heavy atom. The van der Waals surface area contributed by atoms with Crippen LogP contribution in [0.25, 0.3) is 0 Å². The lowest BCUT2D eigenvalue weighted by Gasteiger charge is -2.32. The highest BCUT2D eigenvalue weighted by molar-refractivity contribution is 7.91. The zero-order valence-corrected chi connectivity index (χ0v) is 11.9. The smallest absolute Gasteiger partial charge is 0.222 e. The zero-order chi connectivity index (χ0) is 13.2. The Balaban J connectivity index is 1.78. The number of nitrogens with zero attached hydrogens (tertiary/aromatic N) is 1. The fraction of sp³-hybridized carbons (Fsp3) is 0.923. The van der Waals surface area contributed by atoms with Crippen LogP contribution >= 0.6 is 0 Å². The highest BCUT2D eigenvalue weighted by atomic mass is 32.2. The molecule has 5 heteroatoms. The second kappa shape index (κ2) is 5.59. The fourth-order valence-electron chi connectivity index (χ4n) is 2.78. The van der Waals surface area contributed by atoms with Gasteiger partial charge in [0, 0.05) is 19.5 Å². The molecule has 0 aromatic rings. The van der Waals surface area contributed by atoms with Crippen molar-refractivity contribution in [3.63, 3.8) is 0 Å². The zero-order valence-electron chi connectivity index (χ0n) is 11.1. The Bertz CT molecular complexity index is 382. The molecule has 0 aromatic carbocycles. The third-order valence-corrected chi connectivity index (χ3v) is 5.99. The van der Waals surface area contributed by atoms with E-state index in [9.17, 15) is 13.2 Å². The van der Waals surface area contributed by atoms with Crippen LogP contribution in [0, 0.1) is 11.8 Å². The van der Waals surface area contributed by atoms with Gasteiger partial charge < -0.3 is 4.90 Å². The van der Waals surface area contributed by atoms with Crippen molar-refractivity contribution in [3.05, 3.63) is 0 Å². The van der Waals surface area contributed by atoms with Crippen LogP contribution in [0.1, 0.15) is 39.0 Å². The first-order chi connectivity index (χ1) is 8.46. The molecular formula is C13H23NO3S. The third kappa shape index (κ3) is 3.70. The van der Waals surface area contributed by atoms with Gasteiger partial charge in [-0.25, -0.2) is 8.42 Å². The van der Waals surface area contributed by atoms with Gasteiger partial charge in [-0.2, -0.15) is 0 Å². The van der Waals surface area contributed by atoms with Crippen molar-refractivity contribution in [2.45, 2.75) is 39.0 Å². The van der Waals surface area contributed by atoms with Crippen LogP contribution in [0.15, 0.2) is 0 Å². The molecule has 4 nitrogen and oxygen atoms in total. The summed E-state index contributed by atoms with van der Waals surface area (Å²) in [5.41, 5.74) is 0. The topological polar surface area (TPSA) is 54.5 Å². The number of carbonyl (C=O) groups is 1. The average molecular weight is 273 g/mol. The Hall–Kier alpha value is -0.580. The molecule has 0 N–H and O–H groups in total. The van der Waals surface area contributed by atoms with Gasteiger partial charge in [-0.3, -0.25) is 4.79 Å². The molecule has 0 unspecified atom stereocenters. The first-order valence-electron chi connectivity index (χ1n) is 6.94. The Morgan fingerprint density at radius 2 is 1.67 bits per heavy atom. The van der Waals surface area contributed by atoms with E-state index in [1.54, 1.807) is 0 Å². The van der Waals surface area contributed by atoms with Crippen LogP contribution in [0.4, 0.5) is 0 Å². The molecule has 0 aliphatic carbocycles. The molecule has 2 rings (SSSR count). The minimum atomic E-state index is -2.81. The molecule has 2 aliphatic rings. The lowest BCUT2D eigenvalue weighted by Crippen LogP contribution is -2.39. The number of carbonyl (C=O) groups excluding carboxylic acids is 1. The van der Waals surface area contributed by atoms with Gasteiger partial charge in [0.05, 0.1) is 11.5 Å². The predicted octanol–water partition coefficient (Wildman–Crippen LogP) is 1.46. The Kier molecular flexibility index (Phi) is 4.30. The summed E-state index contributed by atoms with van der Waals surface area (Å²) in [4.78, 5) is 14.1. The van der Waals surface area contributed by atoms with Gasteiger partial charge in [0.1, 0.15) is 9.84 Å². The second-order valence-corrected chi connectivity index (χ2v) is 8.17. The largest absolute Gasteiger partial charge is 0.343 e. The van der Waals surface area contributed by atoms with Crippen LogP contribution < -0.4 is 0 Å². The van der Waals surface area contributed by atoms with E-state index in [0.29, 0.717) is 19.3 Å². The van der Waals surface area contributed by atoms with E-state index >= 15 is 0 Å². The standard InChI is InChI=1S/C13H23NO3S/c1-11-2-6-14(7-3-11)13(15)10-12-4-8-18(16,17)9-5-12/h11-12H,2-10H2,1H3. The molecule has 0 atom stereocenters. The van der Waals surface area contributed by atoms with Gasteiger partial charge in [-0.1, -0.05) is 6.92 Å². The summed E-state index contributed by atoms with van der Waals surface area (Å²) < 4.78 is 22.6. The molecule has 18 heavy (non-hydrogen) atoms. The fourth-order valence-corrected chi connectivity index (χ4v) is 4.37. The minimum absolute atomic E-state index is 0.228. The molecule has 2 fully saturated rings. The van der Waals surface area contributed by atoms with Crippen molar-refractivity contribution in [2.75, 3.05) is 24.6 Å². The van der Waals surface area contributed by atoms with E-state index in [2.05, 4.69) is 6.92 Å². The molecule has 0 aromatic heterocycles. The maximum atomic E-state index is 12.1. The summed E-state index contributed by atoms with van der Waals surface area (Å²) in [6.07, 6.45) is 4.08. The van der Waals surface area contributed by atoms with Crippen molar-refractivity contribution < 1.29 is 13.2 Å². The summed E-state index contributed by atoms with van der Waals surface area (Å²) in [6, 6.07) is 0. The van der Waals surface area contributed by atoms with Crippen LogP contribution in [-0.2, 0) is 14.6 Å². The Morgan fingerprint density at radius 1 is 1.11 bits per heavy atom. The van der Waals surface area contributed by atoms with Gasteiger partial charge in [0.15, 0.2) is 0 Å². The molecule has 0 radical (unpaired) electrons. The lowest BCUT2D eigenvalue weighted by molar-refractivity contribution is -0.133. The molecular weight excluding hydrogens is 250 g/mol. The Labute approximate surface area is 110 Å². The van der Waals surface area contributed by atoms with E-state index in [-0.39, 0.29) is 23.3 Å². The highest BCUT2D eigenvalue weighted by Crippen LogP contribution is 2.24. The summed E-state index contributed by atoms with van der Waals surface area (Å²) in [7, 11) is -2.81. The van der Waals surface area contributed by atoms with E-state index in [1.807, 2.05) is 4.90 Å². The van der Waals surface area contributed by atoms with Crippen LogP contribution in [0.2, 0.25) is 0 Å². The van der Waals surface area contributed by atoms with Crippen LogP contribution in [0.5, 0.6) is 0 Å². The maximum Gasteiger partial charge on any atom is 0.222 e. The summed E-state index contributed by atoms with van der Waals surface area (Å²) in [6.45, 7) is 3.99. The van der Waals surface area contributed by atoms with Crippen molar-refractivity contribution in [2.24, 2.45) is 11.8 Å². The van der Waals surface area contributed by atoms with Crippen molar-refractivity contribution in [1.29, 1.82) is 0 Å². The lowest BCUT2D eigenvalue weighted by atomic mass is 9.95. The molecule has 2 aliphatic heterocycles. The molecule has 2 heterocycles. The summed E-state index contributed by atoms with van der Waals surface area (Å²) in [5, 5.41) is 0. The van der Waals surface area contributed by atoms with Gasteiger partial charge in [-0.05, 0) is 37.5 Å². The van der Waals surface area contributed by atoms with Crippen molar-refractivity contribution >= 4 is 15.7 Å². The van der Waals surface area contributed by atoms with Crippen molar-refractivity contribution in [1.82, 2.24) is 4.90 Å². The number of likely N-dealkylation sites (tertiary alicyclic amines) is 1. The highest BCUT2D eigenvalue weighted by Gasteiger charge is 2.27. The number of rotatable bonds is 2. The van der Waals surface area contributed by atoms with Gasteiger partial charge in [0.2, 0.25) is 5.91 Å². The molecule has 0 spiro atoms. The molecule has 0 bridgehead atoms. The third-order valence-electron chi connectivity index (χ3n) is 4.27. The normalized spacial score (nSPS) is 26.2. The average Bonchev–Trinajstić information content (AvgIpc) is 2.33. The van der Waals surface area contributed by atoms with E-state index in [0.717, 1.165) is 31.8 Å². The molecule has 0 saturated carbocycles. The van der Waals surface area contributed by atoms with Crippen LogP contribution in [-0.4, -0.2) is 43.8 Å². The number of piperidine rings is 1. The first-order valence-corrected chi connectivity index (χ1v) is 8.76. The molecule has 104 valence electrons.